The zero-order valence-corrected chi connectivity index (χ0v) is 12.1. The van der Waals surface area contributed by atoms with Crippen LogP contribution in [0.5, 0.6) is 0 Å². The number of esters is 1. The van der Waals surface area contributed by atoms with Crippen molar-refractivity contribution in [1.82, 2.24) is 19.7 Å². The summed E-state index contributed by atoms with van der Waals surface area (Å²) in [7, 11) is 1.29. The number of hydrogen-bond acceptors (Lipinski definition) is 5. The summed E-state index contributed by atoms with van der Waals surface area (Å²) in [5.41, 5.74) is 1.36. The summed E-state index contributed by atoms with van der Waals surface area (Å²) in [6.07, 6.45) is 4.98. The maximum atomic E-state index is 11.9. The largest absolute Gasteiger partial charge is 0.465 e. The molecular formula is C15H14N4O3. The van der Waals surface area contributed by atoms with E-state index in [-0.39, 0.29) is 17.2 Å². The van der Waals surface area contributed by atoms with E-state index in [1.807, 2.05) is 25.1 Å². The molecule has 0 aromatic carbocycles. The molecule has 7 nitrogen and oxygen atoms in total. The molecule has 22 heavy (non-hydrogen) atoms. The number of nitrogens with one attached hydrogen (secondary N) is 1. The number of H-pyrrole nitrogens is 1. The molecule has 1 atom stereocenters. The molecule has 1 aromatic rings. The van der Waals surface area contributed by atoms with E-state index >= 15 is 0 Å². The summed E-state index contributed by atoms with van der Waals surface area (Å²) in [5, 5.41) is 6.25. The molecule has 3 rings (SSSR count). The van der Waals surface area contributed by atoms with Gasteiger partial charge in [-0.2, -0.15) is 5.10 Å². The predicted octanol–water partition coefficient (Wildman–Crippen LogP) is 1.47. The van der Waals surface area contributed by atoms with Crippen LogP contribution in [0.3, 0.4) is 0 Å². The van der Waals surface area contributed by atoms with Crippen molar-refractivity contribution in [3.8, 4) is 11.3 Å². The molecule has 1 N–H and O–H groups in total. The lowest BCUT2D eigenvalue weighted by Gasteiger charge is -2.18. The Balaban J connectivity index is 2.18. The standard InChI is InChI=1S/C15H14N4O3/c1-9(12-5-3-4-6-16-12)19-7-10-13(17-18-14(10)20)11(8-19)15(21)22-2/h3-9H,1-2H3,(H,18,20)/t9-/m1/s1. The third kappa shape index (κ3) is 2.26. The van der Waals surface area contributed by atoms with E-state index < -0.39 is 5.97 Å². The molecule has 0 bridgehead atoms. The van der Waals surface area contributed by atoms with Crippen LogP contribution in [0.2, 0.25) is 0 Å². The van der Waals surface area contributed by atoms with Gasteiger partial charge in [0, 0.05) is 18.6 Å². The van der Waals surface area contributed by atoms with Crippen LogP contribution in [0.1, 0.15) is 29.0 Å². The lowest BCUT2D eigenvalue weighted by molar-refractivity contribution is 0.0600. The van der Waals surface area contributed by atoms with Gasteiger partial charge in [-0.15, -0.1) is 0 Å². The van der Waals surface area contributed by atoms with Crippen molar-refractivity contribution in [2.45, 2.75) is 13.0 Å². The van der Waals surface area contributed by atoms with Crippen LogP contribution < -0.4 is 5.56 Å². The molecule has 0 spiro atoms. The zero-order valence-electron chi connectivity index (χ0n) is 12.1. The number of aromatic amines is 1. The van der Waals surface area contributed by atoms with Gasteiger partial charge in [-0.1, -0.05) is 6.07 Å². The number of fused-ring (bicyclic) bond motifs is 1. The molecule has 2 aliphatic rings. The number of carbonyl (C=O) groups excluding carboxylic acids is 1. The molecule has 0 amide bonds. The van der Waals surface area contributed by atoms with E-state index in [2.05, 4.69) is 15.2 Å². The number of aromatic nitrogens is 4. The fourth-order valence-corrected chi connectivity index (χ4v) is 2.32. The number of hydrogen-bond donors (Lipinski definition) is 1. The van der Waals surface area contributed by atoms with Crippen molar-refractivity contribution in [1.29, 1.82) is 0 Å². The minimum absolute atomic E-state index is 0.150. The van der Waals surface area contributed by atoms with Gasteiger partial charge in [0.15, 0.2) is 0 Å². The number of nitrogens with zero attached hydrogens (tertiary/aromatic N) is 3. The normalized spacial score (nSPS) is 12.3. The van der Waals surface area contributed by atoms with Gasteiger partial charge >= 0.3 is 5.97 Å². The Labute approximate surface area is 125 Å². The minimum Gasteiger partial charge on any atom is -0.465 e. The van der Waals surface area contributed by atoms with Gasteiger partial charge in [0.25, 0.3) is 5.56 Å². The highest BCUT2D eigenvalue weighted by Gasteiger charge is 2.23. The van der Waals surface area contributed by atoms with E-state index in [1.165, 1.54) is 7.11 Å². The lowest BCUT2D eigenvalue weighted by Crippen LogP contribution is -2.15. The Morgan fingerprint density at radius 2 is 2.18 bits per heavy atom. The van der Waals surface area contributed by atoms with E-state index in [4.69, 9.17) is 4.74 Å². The Hall–Kier alpha value is -2.96. The van der Waals surface area contributed by atoms with Crippen molar-refractivity contribution < 1.29 is 9.53 Å². The Bertz CT molecular complexity index is 838. The zero-order chi connectivity index (χ0) is 15.7. The number of pyridine rings is 2. The Kier molecular flexibility index (Phi) is 3.46. The van der Waals surface area contributed by atoms with Crippen molar-refractivity contribution in [3.63, 3.8) is 0 Å². The highest BCUT2D eigenvalue weighted by molar-refractivity contribution is 5.95. The second-order valence-corrected chi connectivity index (χ2v) is 4.86. The molecular weight excluding hydrogens is 284 g/mol. The molecule has 0 saturated carbocycles. The lowest BCUT2D eigenvalue weighted by atomic mass is 10.1. The third-order valence-electron chi connectivity index (χ3n) is 3.55. The average Bonchev–Trinajstić information content (AvgIpc) is 2.94. The summed E-state index contributed by atoms with van der Waals surface area (Å²) in [4.78, 5) is 28.1. The van der Waals surface area contributed by atoms with Crippen LogP contribution in [-0.4, -0.2) is 32.8 Å². The van der Waals surface area contributed by atoms with E-state index in [1.54, 1.807) is 23.2 Å². The number of ether oxygens (including phenoxy) is 1. The van der Waals surface area contributed by atoms with Crippen LogP contribution in [0.15, 0.2) is 41.6 Å². The number of carbonyl (C=O) groups is 1. The van der Waals surface area contributed by atoms with E-state index in [0.29, 0.717) is 11.3 Å². The summed E-state index contributed by atoms with van der Waals surface area (Å²) in [6.45, 7) is 1.93. The molecule has 0 aliphatic carbocycles. The molecule has 0 fully saturated rings. The van der Waals surface area contributed by atoms with Gasteiger partial charge in [0.2, 0.25) is 0 Å². The van der Waals surface area contributed by atoms with Crippen LogP contribution in [0, 0.1) is 0 Å². The summed E-state index contributed by atoms with van der Waals surface area (Å²) in [6, 6.07) is 5.45. The molecule has 0 unspecified atom stereocenters. The third-order valence-corrected chi connectivity index (χ3v) is 3.55. The van der Waals surface area contributed by atoms with E-state index in [0.717, 1.165) is 5.69 Å². The van der Waals surface area contributed by atoms with Gasteiger partial charge in [-0.05, 0) is 19.1 Å². The first-order chi connectivity index (χ1) is 10.6. The van der Waals surface area contributed by atoms with Crippen LogP contribution in [-0.2, 0) is 4.74 Å². The summed E-state index contributed by atoms with van der Waals surface area (Å²) < 4.78 is 6.53. The van der Waals surface area contributed by atoms with Crippen molar-refractivity contribution in [3.05, 3.63) is 58.4 Å². The van der Waals surface area contributed by atoms with Gasteiger partial charge in [-0.3, -0.25) is 9.78 Å². The van der Waals surface area contributed by atoms with Gasteiger partial charge < -0.3 is 9.30 Å². The van der Waals surface area contributed by atoms with Crippen molar-refractivity contribution in [2.75, 3.05) is 7.11 Å². The SMILES string of the molecule is COC(=O)c1cn([C@H](C)c2ccccn2)cc2c(=O)[nH]nc1-2. The Morgan fingerprint density at radius 1 is 1.36 bits per heavy atom. The van der Waals surface area contributed by atoms with Crippen LogP contribution in [0.25, 0.3) is 11.3 Å². The second-order valence-electron chi connectivity index (χ2n) is 4.86. The molecule has 3 heterocycles. The smallest absolute Gasteiger partial charge is 0.341 e. The molecule has 0 saturated heterocycles. The topological polar surface area (TPSA) is 89.9 Å². The first-order valence-electron chi connectivity index (χ1n) is 6.71. The molecule has 2 aliphatic heterocycles. The highest BCUT2D eigenvalue weighted by Crippen LogP contribution is 2.24. The fraction of sp³-hybridized carbons (Fsp3) is 0.200. The maximum absolute atomic E-state index is 11.9. The number of methoxy groups -OCH3 is 1. The van der Waals surface area contributed by atoms with Crippen LogP contribution in [0.4, 0.5) is 0 Å². The summed E-state index contributed by atoms with van der Waals surface area (Å²) >= 11 is 0. The first-order valence-corrected chi connectivity index (χ1v) is 6.71. The monoisotopic (exact) mass is 298 g/mol. The van der Waals surface area contributed by atoms with Crippen molar-refractivity contribution in [2.24, 2.45) is 0 Å². The maximum Gasteiger partial charge on any atom is 0.341 e. The highest BCUT2D eigenvalue weighted by atomic mass is 16.5. The van der Waals surface area contributed by atoms with Crippen molar-refractivity contribution >= 4 is 5.97 Å². The molecule has 0 radical (unpaired) electrons. The summed E-state index contributed by atoms with van der Waals surface area (Å²) in [5.74, 6) is -0.543. The van der Waals surface area contributed by atoms with Gasteiger partial charge in [0.05, 0.1) is 24.4 Å². The molecule has 1 aromatic heterocycles. The first kappa shape index (κ1) is 14.0. The van der Waals surface area contributed by atoms with Crippen LogP contribution >= 0.6 is 0 Å². The second kappa shape index (κ2) is 5.44. The Morgan fingerprint density at radius 3 is 2.86 bits per heavy atom. The average molecular weight is 298 g/mol. The predicted molar refractivity (Wildman–Crippen MR) is 78.9 cm³/mol. The number of rotatable bonds is 3. The molecule has 112 valence electrons. The fourth-order valence-electron chi connectivity index (χ4n) is 2.32. The van der Waals surface area contributed by atoms with Gasteiger partial charge in [0.1, 0.15) is 11.3 Å². The van der Waals surface area contributed by atoms with E-state index in [9.17, 15) is 9.59 Å². The quantitative estimate of drug-likeness (QED) is 0.739. The van der Waals surface area contributed by atoms with Gasteiger partial charge in [-0.25, -0.2) is 9.89 Å². The minimum atomic E-state index is -0.543. The molecule has 7 heteroatoms.